The first-order valence-corrected chi connectivity index (χ1v) is 8.09. The molecule has 0 aromatic carbocycles. The third-order valence-electron chi connectivity index (χ3n) is 5.10. The van der Waals surface area contributed by atoms with E-state index in [0.29, 0.717) is 0 Å². The highest BCUT2D eigenvalue weighted by atomic mass is 14.9. The van der Waals surface area contributed by atoms with Gasteiger partial charge in [-0.15, -0.1) is 0 Å². The highest BCUT2D eigenvalue weighted by molar-refractivity contribution is 4.76. The van der Waals surface area contributed by atoms with Gasteiger partial charge in [0.15, 0.2) is 0 Å². The minimum Gasteiger partial charge on any atom is -0.314 e. The second kappa shape index (κ2) is 7.41. The molecule has 1 nitrogen and oxygen atoms in total. The van der Waals surface area contributed by atoms with Crippen molar-refractivity contribution in [2.24, 2.45) is 11.8 Å². The molecule has 2 aliphatic carbocycles. The van der Waals surface area contributed by atoms with Gasteiger partial charge in [0.2, 0.25) is 0 Å². The third kappa shape index (κ3) is 4.62. The molecule has 0 amide bonds. The van der Waals surface area contributed by atoms with E-state index in [2.05, 4.69) is 12.2 Å². The molecule has 0 aromatic heterocycles. The van der Waals surface area contributed by atoms with Gasteiger partial charge in [-0.2, -0.15) is 0 Å². The monoisotopic (exact) mass is 237 g/mol. The zero-order chi connectivity index (χ0) is 11.9. The van der Waals surface area contributed by atoms with Crippen molar-refractivity contribution in [1.82, 2.24) is 5.32 Å². The van der Waals surface area contributed by atoms with E-state index in [0.717, 1.165) is 17.9 Å². The second-order valence-electron chi connectivity index (χ2n) is 6.43. The van der Waals surface area contributed by atoms with Crippen LogP contribution in [0.3, 0.4) is 0 Å². The normalized spacial score (nSPS) is 25.9. The Morgan fingerprint density at radius 3 is 2.12 bits per heavy atom. The molecule has 0 aliphatic heterocycles. The van der Waals surface area contributed by atoms with Crippen LogP contribution in [-0.4, -0.2) is 12.6 Å². The van der Waals surface area contributed by atoms with E-state index in [1.807, 2.05) is 0 Å². The maximum atomic E-state index is 3.80. The van der Waals surface area contributed by atoms with Crippen LogP contribution in [0.2, 0.25) is 0 Å². The molecular formula is C16H31N. The standard InChI is InChI=1S/C16H31N/c1-14(16-10-6-3-7-11-16)17-13-12-15-8-4-2-5-9-15/h14-17H,2-13H2,1H3/t14-/m0/s1. The minimum absolute atomic E-state index is 0.763. The van der Waals surface area contributed by atoms with Gasteiger partial charge in [-0.05, 0) is 44.6 Å². The summed E-state index contributed by atoms with van der Waals surface area (Å²) in [5.74, 6) is 2.00. The van der Waals surface area contributed by atoms with Crippen LogP contribution in [0.4, 0.5) is 0 Å². The van der Waals surface area contributed by atoms with Crippen molar-refractivity contribution in [2.75, 3.05) is 6.54 Å². The molecule has 0 unspecified atom stereocenters. The average molecular weight is 237 g/mol. The fourth-order valence-corrected chi connectivity index (χ4v) is 3.79. The summed E-state index contributed by atoms with van der Waals surface area (Å²) in [6.45, 7) is 3.68. The number of rotatable bonds is 5. The first-order chi connectivity index (χ1) is 8.36. The zero-order valence-corrected chi connectivity index (χ0v) is 11.7. The summed E-state index contributed by atoms with van der Waals surface area (Å²) >= 11 is 0. The van der Waals surface area contributed by atoms with Crippen LogP contribution < -0.4 is 5.32 Å². The molecule has 0 radical (unpaired) electrons. The predicted molar refractivity (Wildman–Crippen MR) is 75.2 cm³/mol. The lowest BCUT2D eigenvalue weighted by molar-refractivity contribution is 0.268. The van der Waals surface area contributed by atoms with Gasteiger partial charge in [-0.3, -0.25) is 0 Å². The van der Waals surface area contributed by atoms with Crippen molar-refractivity contribution in [2.45, 2.75) is 83.6 Å². The average Bonchev–Trinajstić information content (AvgIpc) is 2.41. The van der Waals surface area contributed by atoms with E-state index in [4.69, 9.17) is 0 Å². The first kappa shape index (κ1) is 13.4. The molecule has 1 N–H and O–H groups in total. The fraction of sp³-hybridized carbons (Fsp3) is 1.00. The Labute approximate surface area is 108 Å². The van der Waals surface area contributed by atoms with Gasteiger partial charge in [0.05, 0.1) is 0 Å². The van der Waals surface area contributed by atoms with E-state index < -0.39 is 0 Å². The molecule has 0 aromatic rings. The van der Waals surface area contributed by atoms with Crippen molar-refractivity contribution >= 4 is 0 Å². The Kier molecular flexibility index (Phi) is 5.84. The van der Waals surface area contributed by atoms with Gasteiger partial charge in [0, 0.05) is 6.04 Å². The summed E-state index contributed by atoms with van der Waals surface area (Å²) in [6.07, 6.45) is 16.3. The largest absolute Gasteiger partial charge is 0.314 e. The quantitative estimate of drug-likeness (QED) is 0.741. The number of nitrogens with one attached hydrogen (secondary N) is 1. The number of hydrogen-bond acceptors (Lipinski definition) is 1. The Balaban J connectivity index is 1.57. The molecule has 2 aliphatic rings. The maximum absolute atomic E-state index is 3.80. The van der Waals surface area contributed by atoms with E-state index in [9.17, 15) is 0 Å². The van der Waals surface area contributed by atoms with Crippen LogP contribution >= 0.6 is 0 Å². The van der Waals surface area contributed by atoms with Gasteiger partial charge >= 0.3 is 0 Å². The molecule has 2 rings (SSSR count). The zero-order valence-electron chi connectivity index (χ0n) is 11.7. The van der Waals surface area contributed by atoms with Crippen molar-refractivity contribution in [3.05, 3.63) is 0 Å². The summed E-state index contributed by atoms with van der Waals surface area (Å²) in [5, 5.41) is 3.80. The highest BCUT2D eigenvalue weighted by Crippen LogP contribution is 2.27. The fourth-order valence-electron chi connectivity index (χ4n) is 3.79. The lowest BCUT2D eigenvalue weighted by atomic mass is 9.84. The molecule has 0 spiro atoms. The van der Waals surface area contributed by atoms with Gasteiger partial charge < -0.3 is 5.32 Å². The third-order valence-corrected chi connectivity index (χ3v) is 5.10. The summed E-state index contributed by atoms with van der Waals surface area (Å²) in [5.41, 5.74) is 0. The summed E-state index contributed by atoms with van der Waals surface area (Å²) < 4.78 is 0. The van der Waals surface area contributed by atoms with Crippen LogP contribution in [0.15, 0.2) is 0 Å². The van der Waals surface area contributed by atoms with E-state index in [1.54, 1.807) is 0 Å². The molecule has 0 saturated heterocycles. The SMILES string of the molecule is C[C@H](NCCC1CCCCC1)C1CCCCC1. The molecular weight excluding hydrogens is 206 g/mol. The second-order valence-corrected chi connectivity index (χ2v) is 6.43. The predicted octanol–water partition coefficient (Wildman–Crippen LogP) is 4.52. The smallest absolute Gasteiger partial charge is 0.00669 e. The molecule has 2 saturated carbocycles. The molecule has 1 atom stereocenters. The van der Waals surface area contributed by atoms with E-state index >= 15 is 0 Å². The van der Waals surface area contributed by atoms with Crippen LogP contribution in [0, 0.1) is 11.8 Å². The van der Waals surface area contributed by atoms with Crippen LogP contribution in [0.5, 0.6) is 0 Å². The molecule has 1 heteroatoms. The van der Waals surface area contributed by atoms with Crippen molar-refractivity contribution in [3.8, 4) is 0 Å². The van der Waals surface area contributed by atoms with Crippen molar-refractivity contribution < 1.29 is 0 Å². The Morgan fingerprint density at radius 2 is 1.47 bits per heavy atom. The molecule has 0 heterocycles. The molecule has 0 bridgehead atoms. The van der Waals surface area contributed by atoms with Gasteiger partial charge in [0.25, 0.3) is 0 Å². The van der Waals surface area contributed by atoms with Crippen LogP contribution in [0.25, 0.3) is 0 Å². The van der Waals surface area contributed by atoms with Gasteiger partial charge in [-0.25, -0.2) is 0 Å². The lowest BCUT2D eigenvalue weighted by Gasteiger charge is -2.29. The van der Waals surface area contributed by atoms with Crippen molar-refractivity contribution in [1.29, 1.82) is 0 Å². The maximum Gasteiger partial charge on any atom is 0.00669 e. The Morgan fingerprint density at radius 1 is 0.882 bits per heavy atom. The van der Waals surface area contributed by atoms with Crippen LogP contribution in [0.1, 0.15) is 77.6 Å². The highest BCUT2D eigenvalue weighted by Gasteiger charge is 2.20. The summed E-state index contributed by atoms with van der Waals surface area (Å²) in [7, 11) is 0. The molecule has 100 valence electrons. The lowest BCUT2D eigenvalue weighted by Crippen LogP contribution is -2.35. The Bertz CT molecular complexity index is 190. The van der Waals surface area contributed by atoms with Gasteiger partial charge in [0.1, 0.15) is 0 Å². The topological polar surface area (TPSA) is 12.0 Å². The van der Waals surface area contributed by atoms with Crippen LogP contribution in [-0.2, 0) is 0 Å². The van der Waals surface area contributed by atoms with Gasteiger partial charge in [-0.1, -0.05) is 51.4 Å². The molecule has 17 heavy (non-hydrogen) atoms. The molecule has 2 fully saturated rings. The van der Waals surface area contributed by atoms with E-state index in [1.165, 1.54) is 77.2 Å². The number of hydrogen-bond donors (Lipinski definition) is 1. The first-order valence-electron chi connectivity index (χ1n) is 8.09. The Hall–Kier alpha value is -0.0400. The summed E-state index contributed by atoms with van der Waals surface area (Å²) in [6, 6.07) is 0.763. The van der Waals surface area contributed by atoms with Crippen molar-refractivity contribution in [3.63, 3.8) is 0 Å². The summed E-state index contributed by atoms with van der Waals surface area (Å²) in [4.78, 5) is 0. The minimum atomic E-state index is 0.763. The van der Waals surface area contributed by atoms with E-state index in [-0.39, 0.29) is 0 Å².